The van der Waals surface area contributed by atoms with Crippen LogP contribution < -0.4 is 0 Å². The van der Waals surface area contributed by atoms with Gasteiger partial charge < -0.3 is 5.11 Å². The lowest BCUT2D eigenvalue weighted by molar-refractivity contribution is -0.137. The Morgan fingerprint density at radius 3 is 2.09 bits per heavy atom. The molecule has 0 aromatic rings. The average Bonchev–Trinajstić information content (AvgIpc) is 2.52. The van der Waals surface area contributed by atoms with E-state index in [0.717, 1.165) is 25.7 Å². The summed E-state index contributed by atoms with van der Waals surface area (Å²) in [5.41, 5.74) is 0. The van der Waals surface area contributed by atoms with E-state index in [1.807, 2.05) is 0 Å². The monoisotopic (exact) mass is 386 g/mol. The molecule has 0 aliphatic carbocycles. The molecule has 0 unspecified atom stereocenters. The van der Waals surface area contributed by atoms with Crippen molar-refractivity contribution in [1.29, 1.82) is 0 Å². The number of unbranched alkanes of at least 4 members (excludes halogenated alkanes) is 9. The molecular weight excluding hydrogens is 352 g/mol. The normalized spacial score (nSPS) is 12.2. The van der Waals surface area contributed by atoms with Crippen molar-refractivity contribution in [3.8, 4) is 0 Å². The maximum absolute atomic E-state index is 10.4. The quantitative estimate of drug-likeness (QED) is 0.221. The van der Waals surface area contributed by atoms with Crippen LogP contribution in [0.4, 0.5) is 0 Å². The number of allylic oxidation sites excluding steroid dienone is 4. The van der Waals surface area contributed by atoms with Crippen LogP contribution in [0, 0.1) is 0 Å². The Hall–Kier alpha value is -0.570. The Morgan fingerprint density at radius 1 is 0.826 bits per heavy atom. The van der Waals surface area contributed by atoms with E-state index >= 15 is 0 Å². The fourth-order valence-electron chi connectivity index (χ4n) is 2.47. The number of hydrogen-bond acceptors (Lipinski definition) is 1. The summed E-state index contributed by atoms with van der Waals surface area (Å²) in [5, 5.41) is 8.56. The summed E-state index contributed by atoms with van der Waals surface area (Å²) in [4.78, 5) is 10.4. The Labute approximate surface area is 151 Å². The fourth-order valence-corrected chi connectivity index (χ4v) is 2.92. The molecule has 0 spiro atoms. The van der Waals surface area contributed by atoms with Gasteiger partial charge in [-0.25, -0.2) is 0 Å². The molecule has 1 N–H and O–H groups in total. The highest BCUT2D eigenvalue weighted by Gasteiger charge is 1.95. The maximum Gasteiger partial charge on any atom is 0.303 e. The fraction of sp³-hybridized carbons (Fsp3) is 0.750. The van der Waals surface area contributed by atoms with E-state index in [4.69, 9.17) is 5.11 Å². The van der Waals surface area contributed by atoms with Crippen LogP contribution in [0.15, 0.2) is 22.7 Å². The molecule has 2 nitrogen and oxygen atoms in total. The van der Waals surface area contributed by atoms with Crippen molar-refractivity contribution in [2.75, 3.05) is 0 Å². The van der Waals surface area contributed by atoms with Gasteiger partial charge in [0.15, 0.2) is 0 Å². The number of halogens is 1. The summed E-state index contributed by atoms with van der Waals surface area (Å²) >= 11 is 3.55. The van der Waals surface area contributed by atoms with E-state index in [2.05, 4.69) is 41.1 Å². The van der Waals surface area contributed by atoms with E-state index < -0.39 is 5.97 Å². The predicted octanol–water partition coefficient (Wildman–Crippen LogP) is 7.39. The number of aliphatic carboxylic acids is 1. The van der Waals surface area contributed by atoms with E-state index in [0.29, 0.717) is 0 Å². The molecule has 0 heterocycles. The van der Waals surface area contributed by atoms with Gasteiger partial charge >= 0.3 is 5.97 Å². The lowest BCUT2D eigenvalue weighted by atomic mass is 10.1. The van der Waals surface area contributed by atoms with Crippen LogP contribution in [0.1, 0.15) is 96.8 Å². The molecule has 0 radical (unpaired) electrons. The van der Waals surface area contributed by atoms with Gasteiger partial charge in [0.2, 0.25) is 0 Å². The standard InChI is InChI=1S/C20H35BrO2/c1-2-3-4-5-6-7-8-9-10-11-12-13-16-19(21)17-14-15-18-20(22)23/h11-12,17H,2-10,13-16,18H2,1H3,(H,22,23). The minimum atomic E-state index is -0.710. The SMILES string of the molecule is CCCCCCCCCCC=CCCC(Br)=CCCCC(=O)O. The first-order valence-electron chi connectivity index (χ1n) is 9.38. The molecule has 0 atom stereocenters. The third kappa shape index (κ3) is 19.4. The molecule has 0 amide bonds. The summed E-state index contributed by atoms with van der Waals surface area (Å²) in [6, 6.07) is 0. The van der Waals surface area contributed by atoms with Crippen molar-refractivity contribution in [2.24, 2.45) is 0 Å². The molecule has 0 bridgehead atoms. The zero-order chi connectivity index (χ0) is 17.2. The van der Waals surface area contributed by atoms with Gasteiger partial charge in [-0.1, -0.05) is 86.0 Å². The van der Waals surface area contributed by atoms with Crippen LogP contribution in [-0.2, 0) is 4.79 Å². The van der Waals surface area contributed by atoms with Crippen molar-refractivity contribution in [3.05, 3.63) is 22.7 Å². The van der Waals surface area contributed by atoms with Crippen LogP contribution in [0.5, 0.6) is 0 Å². The van der Waals surface area contributed by atoms with E-state index in [1.165, 1.54) is 62.3 Å². The van der Waals surface area contributed by atoms with Crippen molar-refractivity contribution >= 4 is 21.9 Å². The molecular formula is C20H35BrO2. The molecule has 0 fully saturated rings. The molecule has 0 saturated carbocycles. The number of carbonyl (C=O) groups is 1. The summed E-state index contributed by atoms with van der Waals surface area (Å²) in [7, 11) is 0. The van der Waals surface area contributed by atoms with Gasteiger partial charge in [0, 0.05) is 6.42 Å². The Balaban J connectivity index is 3.36. The minimum Gasteiger partial charge on any atom is -0.481 e. The highest BCUT2D eigenvalue weighted by Crippen LogP contribution is 2.16. The number of rotatable bonds is 16. The molecule has 3 heteroatoms. The average molecular weight is 387 g/mol. The highest BCUT2D eigenvalue weighted by molar-refractivity contribution is 9.11. The lowest BCUT2D eigenvalue weighted by Crippen LogP contribution is -1.92. The summed E-state index contributed by atoms with van der Waals surface area (Å²) in [6.07, 6.45) is 22.8. The first-order valence-corrected chi connectivity index (χ1v) is 10.2. The van der Waals surface area contributed by atoms with Gasteiger partial charge in [-0.3, -0.25) is 4.79 Å². The van der Waals surface area contributed by atoms with Gasteiger partial charge in [-0.2, -0.15) is 0 Å². The number of hydrogen-bond donors (Lipinski definition) is 1. The summed E-state index contributed by atoms with van der Waals surface area (Å²) in [5.74, 6) is -0.710. The van der Waals surface area contributed by atoms with Crippen LogP contribution in [0.25, 0.3) is 0 Å². The van der Waals surface area contributed by atoms with Gasteiger partial charge in [-0.15, -0.1) is 0 Å². The third-order valence-electron chi connectivity index (χ3n) is 3.90. The number of carboxylic acid groups (broad SMARTS) is 1. The van der Waals surface area contributed by atoms with Crippen molar-refractivity contribution in [1.82, 2.24) is 0 Å². The van der Waals surface area contributed by atoms with Crippen LogP contribution >= 0.6 is 15.9 Å². The maximum atomic E-state index is 10.4. The molecule has 0 saturated heterocycles. The van der Waals surface area contributed by atoms with Gasteiger partial charge in [0.05, 0.1) is 0 Å². The first kappa shape index (κ1) is 22.4. The smallest absolute Gasteiger partial charge is 0.303 e. The zero-order valence-corrected chi connectivity index (χ0v) is 16.5. The largest absolute Gasteiger partial charge is 0.481 e. The van der Waals surface area contributed by atoms with Crippen LogP contribution in [-0.4, -0.2) is 11.1 Å². The third-order valence-corrected chi connectivity index (χ3v) is 4.62. The molecule has 0 rings (SSSR count). The summed E-state index contributed by atoms with van der Waals surface area (Å²) < 4.78 is 1.19. The van der Waals surface area contributed by atoms with Crippen LogP contribution in [0.2, 0.25) is 0 Å². The van der Waals surface area contributed by atoms with Crippen LogP contribution in [0.3, 0.4) is 0 Å². The number of carboxylic acids is 1. The molecule has 0 aliphatic rings. The topological polar surface area (TPSA) is 37.3 Å². The van der Waals surface area contributed by atoms with Crippen molar-refractivity contribution < 1.29 is 9.90 Å². The van der Waals surface area contributed by atoms with E-state index in [-0.39, 0.29) is 6.42 Å². The molecule has 0 aromatic carbocycles. The highest BCUT2D eigenvalue weighted by atomic mass is 79.9. The van der Waals surface area contributed by atoms with Crippen molar-refractivity contribution in [3.63, 3.8) is 0 Å². The summed E-state index contributed by atoms with van der Waals surface area (Å²) in [6.45, 7) is 2.26. The Morgan fingerprint density at radius 2 is 1.43 bits per heavy atom. The molecule has 134 valence electrons. The van der Waals surface area contributed by atoms with Gasteiger partial charge in [0.1, 0.15) is 0 Å². The lowest BCUT2D eigenvalue weighted by Gasteiger charge is -2.00. The van der Waals surface area contributed by atoms with Gasteiger partial charge in [-0.05, 0) is 43.0 Å². The Kier molecular flexibility index (Phi) is 17.3. The molecule has 0 aliphatic heterocycles. The predicted molar refractivity (Wildman–Crippen MR) is 104 cm³/mol. The second-order valence-corrected chi connectivity index (χ2v) is 7.23. The second kappa shape index (κ2) is 17.8. The molecule has 23 heavy (non-hydrogen) atoms. The van der Waals surface area contributed by atoms with E-state index in [1.54, 1.807) is 0 Å². The van der Waals surface area contributed by atoms with Crippen molar-refractivity contribution in [2.45, 2.75) is 96.8 Å². The first-order chi connectivity index (χ1) is 11.2. The zero-order valence-electron chi connectivity index (χ0n) is 14.9. The second-order valence-electron chi connectivity index (χ2n) is 6.21. The van der Waals surface area contributed by atoms with E-state index in [9.17, 15) is 4.79 Å². The van der Waals surface area contributed by atoms with Gasteiger partial charge in [0.25, 0.3) is 0 Å². The minimum absolute atomic E-state index is 0.259. The molecule has 0 aromatic heterocycles. The Bertz CT molecular complexity index is 335.